The van der Waals surface area contributed by atoms with E-state index in [0.717, 1.165) is 12.8 Å². The van der Waals surface area contributed by atoms with Crippen LogP contribution in [0.15, 0.2) is 11.4 Å². The minimum atomic E-state index is 0.268. The second kappa shape index (κ2) is 4.63. The molecule has 0 aliphatic carbocycles. The molecule has 0 aromatic carbocycles. The van der Waals surface area contributed by atoms with Gasteiger partial charge in [0, 0.05) is 10.9 Å². The highest BCUT2D eigenvalue weighted by Gasteiger charge is 2.09. The van der Waals surface area contributed by atoms with Gasteiger partial charge in [0.2, 0.25) is 0 Å². The molecule has 0 saturated carbocycles. The van der Waals surface area contributed by atoms with Gasteiger partial charge in [0.1, 0.15) is 0 Å². The molecule has 12 heavy (non-hydrogen) atoms. The number of hydrogen-bond donors (Lipinski definition) is 1. The molecule has 2 heteroatoms. The molecule has 1 aromatic heterocycles. The van der Waals surface area contributed by atoms with Gasteiger partial charge < -0.3 is 5.73 Å². The first-order valence-corrected chi connectivity index (χ1v) is 5.49. The lowest BCUT2D eigenvalue weighted by atomic mass is 10.1. The van der Waals surface area contributed by atoms with Crippen LogP contribution in [-0.2, 0) is 6.42 Å². The first-order valence-electron chi connectivity index (χ1n) is 4.61. The van der Waals surface area contributed by atoms with E-state index < -0.39 is 0 Å². The minimum Gasteiger partial charge on any atom is -0.323 e. The summed E-state index contributed by atoms with van der Waals surface area (Å²) in [7, 11) is 0. The average molecular weight is 183 g/mol. The summed E-state index contributed by atoms with van der Waals surface area (Å²) >= 11 is 1.80. The highest BCUT2D eigenvalue weighted by molar-refractivity contribution is 7.10. The molecule has 0 aliphatic rings. The third kappa shape index (κ3) is 2.08. The van der Waals surface area contributed by atoms with Crippen molar-refractivity contribution in [3.8, 4) is 0 Å². The van der Waals surface area contributed by atoms with Crippen LogP contribution < -0.4 is 5.73 Å². The van der Waals surface area contributed by atoms with Gasteiger partial charge in [-0.05, 0) is 29.9 Å². The van der Waals surface area contributed by atoms with Crippen LogP contribution in [0.2, 0.25) is 0 Å². The van der Waals surface area contributed by atoms with Crippen LogP contribution in [0.3, 0.4) is 0 Å². The zero-order valence-corrected chi connectivity index (χ0v) is 8.66. The van der Waals surface area contributed by atoms with Gasteiger partial charge in [-0.2, -0.15) is 0 Å². The van der Waals surface area contributed by atoms with Crippen molar-refractivity contribution >= 4 is 11.3 Å². The third-order valence-electron chi connectivity index (χ3n) is 2.10. The Balaban J connectivity index is 2.71. The van der Waals surface area contributed by atoms with Crippen LogP contribution in [0.4, 0.5) is 0 Å². The van der Waals surface area contributed by atoms with Crippen molar-refractivity contribution < 1.29 is 0 Å². The first-order chi connectivity index (χ1) is 5.79. The molecule has 1 rings (SSSR count). The number of nitrogens with two attached hydrogens (primary N) is 1. The summed E-state index contributed by atoms with van der Waals surface area (Å²) in [6, 6.07) is 2.46. The molecule has 1 atom stereocenters. The van der Waals surface area contributed by atoms with Gasteiger partial charge in [-0.1, -0.05) is 20.3 Å². The van der Waals surface area contributed by atoms with Crippen LogP contribution in [0.1, 0.15) is 43.2 Å². The molecule has 0 saturated heterocycles. The van der Waals surface area contributed by atoms with E-state index in [2.05, 4.69) is 25.3 Å². The lowest BCUT2D eigenvalue weighted by Crippen LogP contribution is -2.09. The lowest BCUT2D eigenvalue weighted by Gasteiger charge is -2.09. The molecule has 0 bridgehead atoms. The van der Waals surface area contributed by atoms with Crippen molar-refractivity contribution in [1.29, 1.82) is 0 Å². The maximum Gasteiger partial charge on any atom is 0.0392 e. The van der Waals surface area contributed by atoms with Gasteiger partial charge in [-0.3, -0.25) is 0 Å². The predicted molar refractivity (Wildman–Crippen MR) is 55.5 cm³/mol. The molecule has 1 nitrogen and oxygen atoms in total. The van der Waals surface area contributed by atoms with Crippen molar-refractivity contribution in [2.75, 3.05) is 0 Å². The molecule has 0 amide bonds. The van der Waals surface area contributed by atoms with E-state index in [1.54, 1.807) is 11.3 Å². The molecule has 1 unspecified atom stereocenters. The maximum atomic E-state index is 6.04. The van der Waals surface area contributed by atoms with Gasteiger partial charge in [-0.25, -0.2) is 0 Å². The Morgan fingerprint density at radius 1 is 1.50 bits per heavy atom. The number of aryl methyl sites for hydroxylation is 1. The fourth-order valence-corrected chi connectivity index (χ4v) is 2.44. The highest BCUT2D eigenvalue weighted by atomic mass is 32.1. The second-order valence-electron chi connectivity index (χ2n) is 3.06. The van der Waals surface area contributed by atoms with Gasteiger partial charge in [0.25, 0.3) is 0 Å². The normalized spacial score (nSPS) is 13.2. The fourth-order valence-electron chi connectivity index (χ4n) is 1.41. The molecule has 0 aliphatic heterocycles. The van der Waals surface area contributed by atoms with Gasteiger partial charge >= 0.3 is 0 Å². The van der Waals surface area contributed by atoms with E-state index in [9.17, 15) is 0 Å². The van der Waals surface area contributed by atoms with Crippen molar-refractivity contribution in [3.63, 3.8) is 0 Å². The maximum absolute atomic E-state index is 6.04. The first kappa shape index (κ1) is 9.75. The molecule has 1 heterocycles. The summed E-state index contributed by atoms with van der Waals surface area (Å²) in [4.78, 5) is 1.39. The summed E-state index contributed by atoms with van der Waals surface area (Å²) in [5, 5.41) is 2.14. The Kier molecular flexibility index (Phi) is 3.76. The van der Waals surface area contributed by atoms with E-state index in [1.165, 1.54) is 16.9 Å². The van der Waals surface area contributed by atoms with E-state index in [-0.39, 0.29) is 6.04 Å². The average Bonchev–Trinajstić information content (AvgIpc) is 2.51. The topological polar surface area (TPSA) is 26.0 Å². The highest BCUT2D eigenvalue weighted by Crippen LogP contribution is 2.26. The van der Waals surface area contributed by atoms with E-state index in [1.807, 2.05) is 0 Å². The van der Waals surface area contributed by atoms with Crippen molar-refractivity contribution in [1.82, 2.24) is 0 Å². The van der Waals surface area contributed by atoms with Crippen molar-refractivity contribution in [2.24, 2.45) is 5.73 Å². The molecule has 0 fully saturated rings. The van der Waals surface area contributed by atoms with Gasteiger partial charge in [0.05, 0.1) is 0 Å². The molecule has 0 radical (unpaired) electrons. The monoisotopic (exact) mass is 183 g/mol. The molecule has 68 valence electrons. The Bertz CT molecular complexity index is 229. The van der Waals surface area contributed by atoms with Crippen molar-refractivity contribution in [3.05, 3.63) is 21.9 Å². The summed E-state index contributed by atoms with van der Waals surface area (Å²) in [5.74, 6) is 0. The number of thiophene rings is 1. The molecule has 0 spiro atoms. The Labute approximate surface area is 78.6 Å². The second-order valence-corrected chi connectivity index (χ2v) is 4.01. The number of rotatable bonds is 4. The van der Waals surface area contributed by atoms with Crippen LogP contribution >= 0.6 is 11.3 Å². The molecular weight excluding hydrogens is 166 g/mol. The Morgan fingerprint density at radius 2 is 2.25 bits per heavy atom. The SMILES string of the molecule is CCCC(N)c1sccc1CC. The van der Waals surface area contributed by atoms with E-state index in [4.69, 9.17) is 5.73 Å². The summed E-state index contributed by atoms with van der Waals surface area (Å²) in [6.45, 7) is 4.36. The predicted octanol–water partition coefficient (Wildman–Crippen LogP) is 3.11. The summed E-state index contributed by atoms with van der Waals surface area (Å²) < 4.78 is 0. The summed E-state index contributed by atoms with van der Waals surface area (Å²) in [6.07, 6.45) is 3.38. The molecule has 2 N–H and O–H groups in total. The molecular formula is C10H17NS. The van der Waals surface area contributed by atoms with Gasteiger partial charge in [-0.15, -0.1) is 11.3 Å². The Morgan fingerprint density at radius 3 is 2.83 bits per heavy atom. The van der Waals surface area contributed by atoms with E-state index in [0.29, 0.717) is 0 Å². The lowest BCUT2D eigenvalue weighted by molar-refractivity contribution is 0.643. The van der Waals surface area contributed by atoms with Crippen LogP contribution in [-0.4, -0.2) is 0 Å². The Hall–Kier alpha value is -0.340. The fraction of sp³-hybridized carbons (Fsp3) is 0.600. The third-order valence-corrected chi connectivity index (χ3v) is 3.19. The largest absolute Gasteiger partial charge is 0.323 e. The zero-order chi connectivity index (χ0) is 8.97. The van der Waals surface area contributed by atoms with Crippen LogP contribution in [0.25, 0.3) is 0 Å². The summed E-state index contributed by atoms with van der Waals surface area (Å²) in [5.41, 5.74) is 7.47. The van der Waals surface area contributed by atoms with Crippen LogP contribution in [0.5, 0.6) is 0 Å². The van der Waals surface area contributed by atoms with Crippen molar-refractivity contribution in [2.45, 2.75) is 39.2 Å². The minimum absolute atomic E-state index is 0.268. The number of hydrogen-bond acceptors (Lipinski definition) is 2. The van der Waals surface area contributed by atoms with E-state index >= 15 is 0 Å². The smallest absolute Gasteiger partial charge is 0.0392 e. The zero-order valence-electron chi connectivity index (χ0n) is 7.84. The van der Waals surface area contributed by atoms with Crippen LogP contribution in [0, 0.1) is 0 Å². The quantitative estimate of drug-likeness (QED) is 0.762. The van der Waals surface area contributed by atoms with Gasteiger partial charge in [0.15, 0.2) is 0 Å². The molecule has 1 aromatic rings. The standard InChI is InChI=1S/C10H17NS/c1-3-5-9(11)10-8(4-2)6-7-12-10/h6-7,9H,3-5,11H2,1-2H3.